The van der Waals surface area contributed by atoms with E-state index in [1.165, 1.54) is 0 Å². The zero-order valence-corrected chi connectivity index (χ0v) is 11.6. The number of carbonyl (C=O) groups excluding carboxylic acids is 1. The van der Waals surface area contributed by atoms with Crippen LogP contribution in [-0.4, -0.2) is 40.3 Å². The Labute approximate surface area is 112 Å². The van der Waals surface area contributed by atoms with Crippen molar-refractivity contribution in [2.45, 2.75) is 12.5 Å². The molecule has 0 aromatic heterocycles. The van der Waals surface area contributed by atoms with Gasteiger partial charge in [0.15, 0.2) is 11.5 Å². The molecule has 1 unspecified atom stereocenters. The number of ether oxygens (including phenoxy) is 3. The van der Waals surface area contributed by atoms with Crippen LogP contribution in [0.5, 0.6) is 17.2 Å². The number of rotatable bonds is 6. The van der Waals surface area contributed by atoms with Crippen molar-refractivity contribution < 1.29 is 19.0 Å². The first-order valence-electron chi connectivity index (χ1n) is 5.83. The van der Waals surface area contributed by atoms with E-state index in [1.54, 1.807) is 40.5 Å². The van der Waals surface area contributed by atoms with Gasteiger partial charge in [0.1, 0.15) is 5.75 Å². The van der Waals surface area contributed by atoms with E-state index in [0.29, 0.717) is 23.7 Å². The lowest BCUT2D eigenvalue weighted by molar-refractivity contribution is -0.121. The van der Waals surface area contributed by atoms with E-state index in [2.05, 4.69) is 5.32 Å². The maximum Gasteiger partial charge on any atom is 0.237 e. The fraction of sp³-hybridized carbons (Fsp3) is 0.462. The molecule has 0 aliphatic rings. The molecule has 0 aliphatic heterocycles. The highest BCUT2D eigenvalue weighted by Crippen LogP contribution is 2.35. The van der Waals surface area contributed by atoms with Gasteiger partial charge in [-0.2, -0.15) is 0 Å². The van der Waals surface area contributed by atoms with Gasteiger partial charge in [0.2, 0.25) is 5.91 Å². The molecule has 0 radical (unpaired) electrons. The van der Waals surface area contributed by atoms with Crippen molar-refractivity contribution in [1.82, 2.24) is 5.32 Å². The summed E-state index contributed by atoms with van der Waals surface area (Å²) in [4.78, 5) is 11.5. The third-order valence-electron chi connectivity index (χ3n) is 2.81. The number of amides is 1. The summed E-state index contributed by atoms with van der Waals surface area (Å²) < 4.78 is 15.7. The van der Waals surface area contributed by atoms with Crippen LogP contribution in [-0.2, 0) is 11.2 Å². The highest BCUT2D eigenvalue weighted by atomic mass is 16.5. The fourth-order valence-electron chi connectivity index (χ4n) is 1.77. The van der Waals surface area contributed by atoms with Gasteiger partial charge in [0, 0.05) is 25.1 Å². The first kappa shape index (κ1) is 15.1. The summed E-state index contributed by atoms with van der Waals surface area (Å²) in [6, 6.07) is 2.84. The van der Waals surface area contributed by atoms with Gasteiger partial charge >= 0.3 is 0 Å². The molecule has 0 aliphatic carbocycles. The van der Waals surface area contributed by atoms with E-state index >= 15 is 0 Å². The molecule has 106 valence electrons. The second-order valence-electron chi connectivity index (χ2n) is 3.94. The summed E-state index contributed by atoms with van der Waals surface area (Å²) in [5, 5.41) is 2.51. The summed E-state index contributed by atoms with van der Waals surface area (Å²) in [6.07, 6.45) is 0.350. The summed E-state index contributed by atoms with van der Waals surface area (Å²) in [6.45, 7) is 0. The van der Waals surface area contributed by atoms with Crippen molar-refractivity contribution in [1.29, 1.82) is 0 Å². The van der Waals surface area contributed by atoms with Crippen molar-refractivity contribution in [3.8, 4) is 17.2 Å². The number of nitrogens with one attached hydrogen (secondary N) is 1. The van der Waals surface area contributed by atoms with Crippen LogP contribution in [0.1, 0.15) is 5.56 Å². The van der Waals surface area contributed by atoms with Crippen LogP contribution in [0.4, 0.5) is 0 Å². The number of methoxy groups -OCH3 is 3. The van der Waals surface area contributed by atoms with Crippen LogP contribution in [0.15, 0.2) is 12.1 Å². The lowest BCUT2D eigenvalue weighted by Gasteiger charge is -2.16. The molecule has 1 atom stereocenters. The van der Waals surface area contributed by atoms with Crippen LogP contribution in [0.2, 0.25) is 0 Å². The third kappa shape index (κ3) is 3.51. The molecule has 6 heteroatoms. The number of carbonyl (C=O) groups is 1. The van der Waals surface area contributed by atoms with Gasteiger partial charge in [0.05, 0.1) is 27.4 Å². The van der Waals surface area contributed by atoms with E-state index in [-0.39, 0.29) is 5.91 Å². The molecular formula is C13H20N2O4. The van der Waals surface area contributed by atoms with E-state index in [1.807, 2.05) is 0 Å². The predicted octanol–water partition coefficient (Wildman–Crippen LogP) is 0.328. The molecule has 0 bridgehead atoms. The second-order valence-corrected chi connectivity index (χ2v) is 3.94. The van der Waals surface area contributed by atoms with Crippen molar-refractivity contribution in [2.75, 3.05) is 28.4 Å². The molecule has 6 nitrogen and oxygen atoms in total. The van der Waals surface area contributed by atoms with Crippen LogP contribution < -0.4 is 25.3 Å². The SMILES string of the molecule is CNC(=O)C(N)Cc1cc(OC)c(OC)cc1OC. The van der Waals surface area contributed by atoms with Gasteiger partial charge in [-0.25, -0.2) is 0 Å². The minimum atomic E-state index is -0.642. The molecule has 1 amide bonds. The third-order valence-corrected chi connectivity index (χ3v) is 2.81. The predicted molar refractivity (Wildman–Crippen MR) is 71.8 cm³/mol. The number of benzene rings is 1. The quantitative estimate of drug-likeness (QED) is 0.777. The standard InChI is InChI=1S/C13H20N2O4/c1-15-13(16)9(14)5-8-6-11(18-3)12(19-4)7-10(8)17-2/h6-7,9H,5,14H2,1-4H3,(H,15,16). The molecule has 0 saturated heterocycles. The summed E-state index contributed by atoms with van der Waals surface area (Å²) in [5.74, 6) is 1.52. The van der Waals surface area contributed by atoms with Crippen LogP contribution in [0, 0.1) is 0 Å². The first-order valence-corrected chi connectivity index (χ1v) is 5.83. The molecule has 0 saturated carbocycles. The lowest BCUT2D eigenvalue weighted by atomic mass is 10.0. The van der Waals surface area contributed by atoms with E-state index in [4.69, 9.17) is 19.9 Å². The Morgan fingerprint density at radius 2 is 1.68 bits per heavy atom. The fourth-order valence-corrected chi connectivity index (χ4v) is 1.77. The first-order chi connectivity index (χ1) is 9.07. The number of hydrogen-bond acceptors (Lipinski definition) is 5. The highest BCUT2D eigenvalue weighted by Gasteiger charge is 2.18. The van der Waals surface area contributed by atoms with Crippen LogP contribution in [0.3, 0.4) is 0 Å². The van der Waals surface area contributed by atoms with Gasteiger partial charge < -0.3 is 25.3 Å². The minimum Gasteiger partial charge on any atom is -0.496 e. The van der Waals surface area contributed by atoms with Gasteiger partial charge in [0.25, 0.3) is 0 Å². The molecule has 3 N–H and O–H groups in total. The summed E-state index contributed by atoms with van der Waals surface area (Å²) in [5.41, 5.74) is 6.59. The molecule has 1 aromatic carbocycles. The molecule has 1 rings (SSSR count). The van der Waals surface area contributed by atoms with Crippen molar-refractivity contribution in [3.05, 3.63) is 17.7 Å². The Balaban J connectivity index is 3.08. The zero-order valence-electron chi connectivity index (χ0n) is 11.6. The average molecular weight is 268 g/mol. The number of hydrogen-bond donors (Lipinski definition) is 2. The zero-order chi connectivity index (χ0) is 14.4. The maximum atomic E-state index is 11.5. The van der Waals surface area contributed by atoms with Gasteiger partial charge in [-0.05, 0) is 6.07 Å². The molecule has 0 heterocycles. The molecule has 19 heavy (non-hydrogen) atoms. The topological polar surface area (TPSA) is 82.8 Å². The van der Waals surface area contributed by atoms with Crippen LogP contribution in [0.25, 0.3) is 0 Å². The Morgan fingerprint density at radius 1 is 1.16 bits per heavy atom. The Hall–Kier alpha value is -1.95. The Morgan fingerprint density at radius 3 is 2.16 bits per heavy atom. The van der Waals surface area contributed by atoms with Crippen molar-refractivity contribution >= 4 is 5.91 Å². The molecule has 1 aromatic rings. The summed E-state index contributed by atoms with van der Waals surface area (Å²) in [7, 11) is 6.20. The summed E-state index contributed by atoms with van der Waals surface area (Å²) >= 11 is 0. The second kappa shape index (κ2) is 6.84. The van der Waals surface area contributed by atoms with Gasteiger partial charge in [-0.15, -0.1) is 0 Å². The highest BCUT2D eigenvalue weighted by molar-refractivity contribution is 5.81. The maximum absolute atomic E-state index is 11.5. The monoisotopic (exact) mass is 268 g/mol. The van der Waals surface area contributed by atoms with E-state index in [0.717, 1.165) is 5.56 Å². The Bertz CT molecular complexity index is 449. The largest absolute Gasteiger partial charge is 0.496 e. The van der Waals surface area contributed by atoms with Gasteiger partial charge in [-0.3, -0.25) is 4.79 Å². The smallest absolute Gasteiger partial charge is 0.237 e. The average Bonchev–Trinajstić information content (AvgIpc) is 2.45. The Kier molecular flexibility index (Phi) is 5.44. The van der Waals surface area contributed by atoms with E-state index < -0.39 is 6.04 Å². The van der Waals surface area contributed by atoms with Crippen LogP contribution >= 0.6 is 0 Å². The molecule has 0 fully saturated rings. The normalized spacial score (nSPS) is 11.6. The molecule has 0 spiro atoms. The van der Waals surface area contributed by atoms with E-state index in [9.17, 15) is 4.79 Å². The minimum absolute atomic E-state index is 0.225. The van der Waals surface area contributed by atoms with Gasteiger partial charge in [-0.1, -0.05) is 0 Å². The van der Waals surface area contributed by atoms with Crippen molar-refractivity contribution in [3.63, 3.8) is 0 Å². The van der Waals surface area contributed by atoms with Crippen molar-refractivity contribution in [2.24, 2.45) is 5.73 Å². The molecular weight excluding hydrogens is 248 g/mol. The number of nitrogens with two attached hydrogens (primary N) is 1. The lowest BCUT2D eigenvalue weighted by Crippen LogP contribution is -2.40. The number of likely N-dealkylation sites (N-methyl/N-ethyl adjacent to an activating group) is 1.